The van der Waals surface area contributed by atoms with E-state index in [1.807, 2.05) is 0 Å². The van der Waals surface area contributed by atoms with Crippen molar-refractivity contribution in [2.75, 3.05) is 26.3 Å². The van der Waals surface area contributed by atoms with Crippen LogP contribution in [0.25, 0.3) is 0 Å². The number of morpholine rings is 1. The van der Waals surface area contributed by atoms with Gasteiger partial charge in [0.25, 0.3) is 0 Å². The fourth-order valence-corrected chi connectivity index (χ4v) is 2.56. The lowest BCUT2D eigenvalue weighted by atomic mass is 9.98. The van der Waals surface area contributed by atoms with Gasteiger partial charge in [0.15, 0.2) is 0 Å². The maximum absolute atomic E-state index is 12.9. The number of amides is 1. The summed E-state index contributed by atoms with van der Waals surface area (Å²) in [6, 6.07) is 6.20. The predicted molar refractivity (Wildman–Crippen MR) is 58.6 cm³/mol. The highest BCUT2D eigenvalue weighted by Crippen LogP contribution is 2.32. The lowest BCUT2D eigenvalue weighted by Gasteiger charge is -2.41. The first kappa shape index (κ1) is 10.7. The van der Waals surface area contributed by atoms with E-state index in [-0.39, 0.29) is 18.3 Å². The van der Waals surface area contributed by atoms with Crippen LogP contribution in [0, 0.1) is 5.82 Å². The molecule has 1 aromatic carbocycles. The van der Waals surface area contributed by atoms with Crippen LogP contribution in [0.15, 0.2) is 24.3 Å². The lowest BCUT2D eigenvalue weighted by Crippen LogP contribution is -2.58. The van der Waals surface area contributed by atoms with E-state index in [2.05, 4.69) is 5.32 Å². The Labute approximate surface area is 98.4 Å². The number of nitrogens with zero attached hydrogens (tertiary/aromatic N) is 1. The molecule has 2 saturated heterocycles. The zero-order valence-electron chi connectivity index (χ0n) is 9.28. The van der Waals surface area contributed by atoms with Crippen molar-refractivity contribution < 1.29 is 13.9 Å². The third-order valence-corrected chi connectivity index (χ3v) is 3.37. The van der Waals surface area contributed by atoms with Gasteiger partial charge in [-0.25, -0.2) is 4.39 Å². The average Bonchev–Trinajstić information content (AvgIpc) is 2.76. The van der Waals surface area contributed by atoms with Crippen molar-refractivity contribution in [2.24, 2.45) is 0 Å². The Bertz CT molecular complexity index is 448. The summed E-state index contributed by atoms with van der Waals surface area (Å²) < 4.78 is 18.3. The van der Waals surface area contributed by atoms with Gasteiger partial charge in [-0.1, -0.05) is 12.1 Å². The number of benzene rings is 1. The average molecular weight is 236 g/mol. The highest BCUT2D eigenvalue weighted by atomic mass is 19.1. The van der Waals surface area contributed by atoms with Crippen LogP contribution in [0.2, 0.25) is 0 Å². The minimum atomic E-state index is -0.608. The van der Waals surface area contributed by atoms with Gasteiger partial charge in [-0.15, -0.1) is 0 Å². The van der Waals surface area contributed by atoms with Gasteiger partial charge in [0.05, 0.1) is 6.61 Å². The molecule has 0 aromatic heterocycles. The van der Waals surface area contributed by atoms with E-state index >= 15 is 0 Å². The third kappa shape index (κ3) is 1.54. The van der Waals surface area contributed by atoms with Crippen molar-refractivity contribution >= 4 is 5.91 Å². The van der Waals surface area contributed by atoms with Crippen LogP contribution >= 0.6 is 0 Å². The number of carbonyl (C=O) groups is 1. The van der Waals surface area contributed by atoms with E-state index in [1.54, 1.807) is 17.0 Å². The molecule has 2 heterocycles. The van der Waals surface area contributed by atoms with Crippen LogP contribution in [0.4, 0.5) is 4.39 Å². The van der Waals surface area contributed by atoms with Gasteiger partial charge in [0.2, 0.25) is 5.91 Å². The molecule has 0 aliphatic carbocycles. The molecule has 5 heteroatoms. The summed E-state index contributed by atoms with van der Waals surface area (Å²) in [5.74, 6) is -0.302. The van der Waals surface area contributed by atoms with E-state index in [9.17, 15) is 9.18 Å². The molecule has 0 radical (unpaired) electrons. The minimum Gasteiger partial charge on any atom is -0.367 e. The molecule has 0 saturated carbocycles. The summed E-state index contributed by atoms with van der Waals surface area (Å²) >= 11 is 0. The number of hydrogen-bond donors (Lipinski definition) is 1. The Hall–Kier alpha value is -1.46. The number of carbonyl (C=O) groups excluding carboxylic acids is 1. The van der Waals surface area contributed by atoms with Crippen molar-refractivity contribution in [3.8, 4) is 0 Å². The molecule has 2 fully saturated rings. The number of fused-ring (bicyclic) bond motifs is 1. The molecule has 1 atom stereocenters. The second-order valence-corrected chi connectivity index (χ2v) is 4.33. The van der Waals surface area contributed by atoms with Crippen LogP contribution in [-0.2, 0) is 15.2 Å². The molecular formula is C12H13FN2O2. The maximum Gasteiger partial charge on any atom is 0.250 e. The van der Waals surface area contributed by atoms with E-state index in [4.69, 9.17) is 4.74 Å². The Balaban J connectivity index is 2.03. The normalized spacial score (nSPS) is 28.3. The number of ether oxygens (including phenoxy) is 1. The summed E-state index contributed by atoms with van der Waals surface area (Å²) in [7, 11) is 0. The van der Waals surface area contributed by atoms with E-state index in [1.165, 1.54) is 12.1 Å². The molecule has 90 valence electrons. The van der Waals surface area contributed by atoms with Crippen LogP contribution in [0.1, 0.15) is 5.56 Å². The van der Waals surface area contributed by atoms with Crippen molar-refractivity contribution in [1.29, 1.82) is 0 Å². The van der Waals surface area contributed by atoms with Crippen molar-refractivity contribution in [1.82, 2.24) is 10.2 Å². The molecule has 17 heavy (non-hydrogen) atoms. The molecule has 2 aliphatic rings. The van der Waals surface area contributed by atoms with E-state index in [0.717, 1.165) is 12.1 Å². The molecule has 0 spiro atoms. The van der Waals surface area contributed by atoms with Gasteiger partial charge in [0, 0.05) is 13.1 Å². The zero-order chi connectivity index (χ0) is 11.9. The van der Waals surface area contributed by atoms with Gasteiger partial charge in [-0.05, 0) is 17.7 Å². The fourth-order valence-electron chi connectivity index (χ4n) is 2.56. The summed E-state index contributed by atoms with van der Waals surface area (Å²) in [5.41, 5.74) is 0.257. The minimum absolute atomic E-state index is 0.0226. The van der Waals surface area contributed by atoms with Gasteiger partial charge < -0.3 is 9.64 Å². The van der Waals surface area contributed by atoms with E-state index < -0.39 is 5.66 Å². The zero-order valence-corrected chi connectivity index (χ0v) is 9.28. The second-order valence-electron chi connectivity index (χ2n) is 4.33. The fraction of sp³-hybridized carbons (Fsp3) is 0.417. The molecule has 3 rings (SSSR count). The summed E-state index contributed by atoms with van der Waals surface area (Å²) in [4.78, 5) is 13.6. The number of rotatable bonds is 1. The first-order valence-electron chi connectivity index (χ1n) is 5.62. The monoisotopic (exact) mass is 236 g/mol. The van der Waals surface area contributed by atoms with E-state index in [0.29, 0.717) is 13.2 Å². The van der Waals surface area contributed by atoms with Gasteiger partial charge >= 0.3 is 0 Å². The SMILES string of the molecule is O=C1COCC2(c3ccc(F)cc3)NCCN12. The van der Waals surface area contributed by atoms with Gasteiger partial charge in [-0.3, -0.25) is 10.1 Å². The Kier molecular flexibility index (Phi) is 2.38. The summed E-state index contributed by atoms with van der Waals surface area (Å²) in [6.45, 7) is 1.93. The second kappa shape index (κ2) is 3.78. The quantitative estimate of drug-likeness (QED) is 0.769. The maximum atomic E-state index is 12.9. The molecule has 4 nitrogen and oxygen atoms in total. The predicted octanol–water partition coefficient (Wildman–Crippen LogP) is 0.441. The molecule has 1 N–H and O–H groups in total. The molecule has 0 bridgehead atoms. The molecule has 1 amide bonds. The number of nitrogens with one attached hydrogen (secondary N) is 1. The van der Waals surface area contributed by atoms with Crippen LogP contribution in [0.5, 0.6) is 0 Å². The highest BCUT2D eigenvalue weighted by molar-refractivity contribution is 5.79. The smallest absolute Gasteiger partial charge is 0.250 e. The number of halogens is 1. The molecule has 1 unspecified atom stereocenters. The molecule has 2 aliphatic heterocycles. The first-order valence-corrected chi connectivity index (χ1v) is 5.62. The number of hydrogen-bond acceptors (Lipinski definition) is 3. The summed E-state index contributed by atoms with van der Waals surface area (Å²) in [5, 5.41) is 3.30. The topological polar surface area (TPSA) is 41.6 Å². The standard InChI is InChI=1S/C12H13FN2O2/c13-10-3-1-9(2-4-10)12-8-17-7-11(16)15(12)6-5-14-12/h1-4,14H,5-8H2. The Morgan fingerprint density at radius 2 is 2.12 bits per heavy atom. The van der Waals surface area contributed by atoms with Crippen molar-refractivity contribution in [2.45, 2.75) is 5.66 Å². The largest absolute Gasteiger partial charge is 0.367 e. The first-order chi connectivity index (χ1) is 8.22. The van der Waals surface area contributed by atoms with Gasteiger partial charge in [0.1, 0.15) is 18.1 Å². The van der Waals surface area contributed by atoms with Crippen LogP contribution < -0.4 is 5.32 Å². The van der Waals surface area contributed by atoms with Gasteiger partial charge in [-0.2, -0.15) is 0 Å². The lowest BCUT2D eigenvalue weighted by molar-refractivity contribution is -0.156. The van der Waals surface area contributed by atoms with Crippen molar-refractivity contribution in [3.63, 3.8) is 0 Å². The van der Waals surface area contributed by atoms with Crippen molar-refractivity contribution in [3.05, 3.63) is 35.6 Å². The highest BCUT2D eigenvalue weighted by Gasteiger charge is 2.47. The molecule has 1 aromatic rings. The van der Waals surface area contributed by atoms with Crippen LogP contribution in [0.3, 0.4) is 0 Å². The Morgan fingerprint density at radius 1 is 1.35 bits per heavy atom. The summed E-state index contributed by atoms with van der Waals surface area (Å²) in [6.07, 6.45) is 0. The third-order valence-electron chi connectivity index (χ3n) is 3.37. The Morgan fingerprint density at radius 3 is 2.88 bits per heavy atom. The molecular weight excluding hydrogens is 223 g/mol. The van der Waals surface area contributed by atoms with Crippen LogP contribution in [-0.4, -0.2) is 37.1 Å².